The van der Waals surface area contributed by atoms with Gasteiger partial charge in [-0.2, -0.15) is 0 Å². The summed E-state index contributed by atoms with van der Waals surface area (Å²) in [5, 5.41) is 0. The quantitative estimate of drug-likeness (QED) is 0.609. The minimum absolute atomic E-state index is 0.0754. The Morgan fingerprint density at radius 1 is 1.37 bits per heavy atom. The van der Waals surface area contributed by atoms with E-state index in [1.807, 2.05) is 26.0 Å². The second kappa shape index (κ2) is 6.46. The first-order valence-electron chi connectivity index (χ1n) is 6.34. The number of hydrogen-bond acceptors (Lipinski definition) is 4. The average Bonchev–Trinajstić information content (AvgIpc) is 2.75. The molecule has 1 fully saturated rings. The second-order valence-electron chi connectivity index (χ2n) is 4.78. The van der Waals surface area contributed by atoms with Crippen LogP contribution in [0, 0.1) is 0 Å². The standard InChI is InChI=1S/C15H20O3S/c1-15(2)17-11-13(18-15)5-4-10-19-14-8-6-12(16-3)7-9-14/h4-9,13H,10-11H2,1-3H3/b5-4-. The molecule has 1 aromatic rings. The van der Waals surface area contributed by atoms with Crippen molar-refractivity contribution in [3.8, 4) is 5.75 Å². The van der Waals surface area contributed by atoms with Gasteiger partial charge in [0.1, 0.15) is 11.9 Å². The van der Waals surface area contributed by atoms with Crippen LogP contribution in [0.2, 0.25) is 0 Å². The molecular formula is C15H20O3S. The van der Waals surface area contributed by atoms with E-state index in [9.17, 15) is 0 Å². The van der Waals surface area contributed by atoms with Crippen LogP contribution in [0.1, 0.15) is 13.8 Å². The highest BCUT2D eigenvalue weighted by Gasteiger charge is 2.30. The Balaban J connectivity index is 1.74. The predicted molar refractivity (Wildman–Crippen MR) is 77.8 cm³/mol. The van der Waals surface area contributed by atoms with Crippen molar-refractivity contribution in [2.75, 3.05) is 19.5 Å². The Morgan fingerprint density at radius 3 is 2.68 bits per heavy atom. The fraction of sp³-hybridized carbons (Fsp3) is 0.467. The van der Waals surface area contributed by atoms with Gasteiger partial charge in [-0.05, 0) is 38.1 Å². The van der Waals surface area contributed by atoms with E-state index in [4.69, 9.17) is 14.2 Å². The summed E-state index contributed by atoms with van der Waals surface area (Å²) in [7, 11) is 1.68. The Labute approximate surface area is 118 Å². The van der Waals surface area contributed by atoms with Crippen molar-refractivity contribution in [2.24, 2.45) is 0 Å². The van der Waals surface area contributed by atoms with Crippen LogP contribution in [0.4, 0.5) is 0 Å². The molecule has 4 heteroatoms. The van der Waals surface area contributed by atoms with Gasteiger partial charge < -0.3 is 14.2 Å². The zero-order valence-corrected chi connectivity index (χ0v) is 12.4. The monoisotopic (exact) mass is 280 g/mol. The molecule has 0 aromatic heterocycles. The maximum atomic E-state index is 5.70. The van der Waals surface area contributed by atoms with Crippen molar-refractivity contribution >= 4 is 11.8 Å². The Hall–Kier alpha value is -0.970. The molecule has 104 valence electrons. The van der Waals surface area contributed by atoms with Gasteiger partial charge in [-0.1, -0.05) is 12.2 Å². The van der Waals surface area contributed by atoms with E-state index >= 15 is 0 Å². The first-order valence-corrected chi connectivity index (χ1v) is 7.33. The second-order valence-corrected chi connectivity index (χ2v) is 5.88. The first-order chi connectivity index (χ1) is 9.09. The van der Waals surface area contributed by atoms with Gasteiger partial charge >= 0.3 is 0 Å². The molecule has 1 unspecified atom stereocenters. The molecule has 0 aliphatic carbocycles. The number of methoxy groups -OCH3 is 1. The number of thioether (sulfide) groups is 1. The van der Waals surface area contributed by atoms with Crippen molar-refractivity contribution in [1.29, 1.82) is 0 Å². The molecule has 1 atom stereocenters. The minimum atomic E-state index is -0.446. The van der Waals surface area contributed by atoms with Gasteiger partial charge in [-0.15, -0.1) is 11.8 Å². The molecule has 0 radical (unpaired) electrons. The highest BCUT2D eigenvalue weighted by molar-refractivity contribution is 7.99. The summed E-state index contributed by atoms with van der Waals surface area (Å²) in [6.07, 6.45) is 4.28. The van der Waals surface area contributed by atoms with Crippen LogP contribution < -0.4 is 4.74 Å². The van der Waals surface area contributed by atoms with E-state index in [1.54, 1.807) is 18.9 Å². The minimum Gasteiger partial charge on any atom is -0.497 e. The average molecular weight is 280 g/mol. The number of rotatable bonds is 5. The van der Waals surface area contributed by atoms with Crippen LogP contribution in [0.3, 0.4) is 0 Å². The third-order valence-corrected chi connectivity index (χ3v) is 3.75. The highest BCUT2D eigenvalue weighted by Crippen LogP contribution is 2.24. The molecule has 3 nitrogen and oxygen atoms in total. The molecule has 0 spiro atoms. The maximum Gasteiger partial charge on any atom is 0.163 e. The summed E-state index contributed by atoms with van der Waals surface area (Å²) in [5.74, 6) is 1.36. The van der Waals surface area contributed by atoms with Crippen molar-refractivity contribution in [1.82, 2.24) is 0 Å². The van der Waals surface area contributed by atoms with E-state index in [0.29, 0.717) is 6.61 Å². The normalized spacial score (nSPS) is 21.9. The van der Waals surface area contributed by atoms with Crippen LogP contribution in [0.15, 0.2) is 41.3 Å². The molecule has 0 saturated carbocycles. The summed E-state index contributed by atoms with van der Waals surface area (Å²) in [4.78, 5) is 1.23. The molecule has 0 amide bonds. The van der Waals surface area contributed by atoms with Crippen molar-refractivity contribution < 1.29 is 14.2 Å². The molecule has 1 aliphatic heterocycles. The van der Waals surface area contributed by atoms with Gasteiger partial charge in [-0.3, -0.25) is 0 Å². The Bertz CT molecular complexity index is 426. The van der Waals surface area contributed by atoms with E-state index < -0.39 is 5.79 Å². The van der Waals surface area contributed by atoms with Crippen molar-refractivity contribution in [3.63, 3.8) is 0 Å². The maximum absolute atomic E-state index is 5.70. The van der Waals surface area contributed by atoms with Gasteiger partial charge in [0.2, 0.25) is 0 Å². The summed E-state index contributed by atoms with van der Waals surface area (Å²) in [6, 6.07) is 8.08. The van der Waals surface area contributed by atoms with Gasteiger partial charge in [0.05, 0.1) is 13.7 Å². The van der Waals surface area contributed by atoms with Crippen molar-refractivity contribution in [3.05, 3.63) is 36.4 Å². The molecule has 1 aromatic carbocycles. The SMILES string of the molecule is COc1ccc(SC/C=C\C2COC(C)(C)O2)cc1. The zero-order valence-electron chi connectivity index (χ0n) is 11.6. The predicted octanol–water partition coefficient (Wildman–Crippen LogP) is 3.50. The third-order valence-electron chi connectivity index (χ3n) is 2.79. The molecule has 1 aliphatic rings. The smallest absolute Gasteiger partial charge is 0.163 e. The molecule has 19 heavy (non-hydrogen) atoms. The zero-order chi connectivity index (χ0) is 13.7. The van der Waals surface area contributed by atoms with Gasteiger partial charge in [-0.25, -0.2) is 0 Å². The molecule has 1 heterocycles. The fourth-order valence-electron chi connectivity index (χ4n) is 1.83. The van der Waals surface area contributed by atoms with Crippen LogP contribution in [-0.2, 0) is 9.47 Å². The van der Waals surface area contributed by atoms with Gasteiger partial charge in [0.15, 0.2) is 5.79 Å². The fourth-order valence-corrected chi connectivity index (χ4v) is 2.56. The van der Waals surface area contributed by atoms with Crippen LogP contribution in [0.5, 0.6) is 5.75 Å². The molecule has 1 saturated heterocycles. The van der Waals surface area contributed by atoms with Gasteiger partial charge in [0, 0.05) is 10.6 Å². The summed E-state index contributed by atoms with van der Waals surface area (Å²) in [6.45, 7) is 4.51. The summed E-state index contributed by atoms with van der Waals surface area (Å²) >= 11 is 1.78. The number of hydrogen-bond donors (Lipinski definition) is 0. The Kier molecular flexibility index (Phi) is 4.91. The largest absolute Gasteiger partial charge is 0.497 e. The highest BCUT2D eigenvalue weighted by atomic mass is 32.2. The summed E-state index contributed by atoms with van der Waals surface area (Å²) < 4.78 is 16.3. The molecular weight excluding hydrogens is 260 g/mol. The van der Waals surface area contributed by atoms with Crippen LogP contribution in [-0.4, -0.2) is 31.4 Å². The lowest BCUT2D eigenvalue weighted by Crippen LogP contribution is -2.20. The third kappa shape index (κ3) is 4.56. The van der Waals surface area contributed by atoms with E-state index in [0.717, 1.165) is 11.5 Å². The lowest BCUT2D eigenvalue weighted by molar-refractivity contribution is -0.133. The lowest BCUT2D eigenvalue weighted by Gasteiger charge is -2.15. The van der Waals surface area contributed by atoms with Gasteiger partial charge in [0.25, 0.3) is 0 Å². The molecule has 2 rings (SSSR count). The molecule has 0 N–H and O–H groups in total. The first kappa shape index (κ1) is 14.4. The Morgan fingerprint density at radius 2 is 2.11 bits per heavy atom. The number of benzene rings is 1. The number of ether oxygens (including phenoxy) is 3. The van der Waals surface area contributed by atoms with E-state index in [1.165, 1.54) is 4.90 Å². The van der Waals surface area contributed by atoms with Crippen LogP contribution >= 0.6 is 11.8 Å². The van der Waals surface area contributed by atoms with Crippen LogP contribution in [0.25, 0.3) is 0 Å². The van der Waals surface area contributed by atoms with E-state index in [2.05, 4.69) is 24.3 Å². The topological polar surface area (TPSA) is 27.7 Å². The molecule has 0 bridgehead atoms. The van der Waals surface area contributed by atoms with Crippen molar-refractivity contribution in [2.45, 2.75) is 30.6 Å². The lowest BCUT2D eigenvalue weighted by atomic mass is 10.3. The van der Waals surface area contributed by atoms with E-state index in [-0.39, 0.29) is 6.10 Å². The summed E-state index contributed by atoms with van der Waals surface area (Å²) in [5.41, 5.74) is 0.